The van der Waals surface area contributed by atoms with Crippen LogP contribution < -0.4 is 0 Å². The van der Waals surface area contributed by atoms with E-state index in [1.807, 2.05) is 0 Å². The molecule has 2 bridgehead atoms. The van der Waals surface area contributed by atoms with Gasteiger partial charge in [-0.2, -0.15) is 0 Å². The molecule has 0 radical (unpaired) electrons. The molecule has 1 aliphatic heterocycles. The Kier molecular flexibility index (Phi) is 2.32. The zero-order valence-corrected chi connectivity index (χ0v) is 11.9. The topological polar surface area (TPSA) is 18.5 Å². The minimum absolute atomic E-state index is 0.00661. The van der Waals surface area contributed by atoms with Crippen LogP contribution in [-0.2, 0) is 9.31 Å². The van der Waals surface area contributed by atoms with E-state index in [2.05, 4.69) is 20.8 Å². The second-order valence-corrected chi connectivity index (χ2v) is 7.93. The normalized spacial score (nSPS) is 49.5. The Morgan fingerprint density at radius 1 is 1.17 bits per heavy atom. The second-order valence-electron chi connectivity index (χ2n) is 7.93. The maximum Gasteiger partial charge on any atom is 0.457 e. The summed E-state index contributed by atoms with van der Waals surface area (Å²) in [5.41, 5.74) is 0.479. The molecule has 18 heavy (non-hydrogen) atoms. The van der Waals surface area contributed by atoms with E-state index in [9.17, 15) is 0 Å². The van der Waals surface area contributed by atoms with Crippen LogP contribution in [0.3, 0.4) is 0 Å². The van der Waals surface area contributed by atoms with Crippen molar-refractivity contribution < 1.29 is 9.31 Å². The summed E-state index contributed by atoms with van der Waals surface area (Å²) in [6.07, 6.45) is 8.30. The van der Waals surface area contributed by atoms with Crippen LogP contribution in [0, 0.1) is 23.2 Å². The lowest BCUT2D eigenvalue weighted by Crippen LogP contribution is -2.65. The predicted octanol–water partition coefficient (Wildman–Crippen LogP) is 3.51. The molecule has 2 nitrogen and oxygen atoms in total. The molecule has 0 spiro atoms. The van der Waals surface area contributed by atoms with Crippen molar-refractivity contribution in [3.63, 3.8) is 0 Å². The van der Waals surface area contributed by atoms with Crippen molar-refractivity contribution in [2.75, 3.05) is 0 Å². The maximum absolute atomic E-state index is 6.42. The standard InChI is InChI=1S/C15H25BO2/c1-14(2)11-7-12(14)15(3)13(8-11)17-16(18-15)9-10-5-4-6-10/h10-13H,4-9H2,1-3H3/t11-,12-,13?,15-/m0/s1. The second kappa shape index (κ2) is 3.55. The van der Waals surface area contributed by atoms with Crippen molar-refractivity contribution >= 4 is 7.12 Å². The predicted molar refractivity (Wildman–Crippen MR) is 72.3 cm³/mol. The van der Waals surface area contributed by atoms with Crippen LogP contribution in [0.4, 0.5) is 0 Å². The van der Waals surface area contributed by atoms with Crippen LogP contribution in [0.5, 0.6) is 0 Å². The fourth-order valence-corrected chi connectivity index (χ4v) is 5.05. The quantitative estimate of drug-likeness (QED) is 0.696. The van der Waals surface area contributed by atoms with Crippen LogP contribution in [-0.4, -0.2) is 18.8 Å². The van der Waals surface area contributed by atoms with Gasteiger partial charge in [-0.3, -0.25) is 0 Å². The molecule has 0 aromatic carbocycles. The van der Waals surface area contributed by atoms with E-state index < -0.39 is 0 Å². The molecular weight excluding hydrogens is 223 g/mol. The summed E-state index contributed by atoms with van der Waals surface area (Å²) in [5, 5.41) is 0. The molecule has 4 atom stereocenters. The Bertz CT molecular complexity index is 366. The Balaban J connectivity index is 1.50. The van der Waals surface area contributed by atoms with Crippen molar-refractivity contribution in [1.29, 1.82) is 0 Å². The van der Waals surface area contributed by atoms with Crippen molar-refractivity contribution in [3.8, 4) is 0 Å². The fourth-order valence-electron chi connectivity index (χ4n) is 5.05. The van der Waals surface area contributed by atoms with Gasteiger partial charge in [0.1, 0.15) is 0 Å². The lowest BCUT2D eigenvalue weighted by molar-refractivity contribution is -0.199. The summed E-state index contributed by atoms with van der Waals surface area (Å²) in [4.78, 5) is 0. The first-order valence-electron chi connectivity index (χ1n) is 7.83. The molecule has 4 saturated carbocycles. The lowest BCUT2D eigenvalue weighted by Gasteiger charge is -2.64. The molecular formula is C15H25BO2. The van der Waals surface area contributed by atoms with E-state index in [1.165, 1.54) is 32.1 Å². The first-order valence-corrected chi connectivity index (χ1v) is 7.83. The van der Waals surface area contributed by atoms with Crippen LogP contribution >= 0.6 is 0 Å². The third kappa shape index (κ3) is 1.38. The summed E-state index contributed by atoms with van der Waals surface area (Å²) in [7, 11) is 0.0976. The smallest absolute Gasteiger partial charge is 0.405 e. The van der Waals surface area contributed by atoms with Gasteiger partial charge in [0, 0.05) is 0 Å². The summed E-state index contributed by atoms with van der Waals surface area (Å²) < 4.78 is 12.7. The third-order valence-electron chi connectivity index (χ3n) is 6.75. The highest BCUT2D eigenvalue weighted by atomic mass is 16.7. The van der Waals surface area contributed by atoms with Crippen molar-refractivity contribution in [2.24, 2.45) is 23.2 Å². The van der Waals surface area contributed by atoms with Gasteiger partial charge in [-0.1, -0.05) is 33.1 Å². The summed E-state index contributed by atoms with van der Waals surface area (Å²) in [5.74, 6) is 2.45. The van der Waals surface area contributed by atoms with Gasteiger partial charge in [-0.25, -0.2) is 0 Å². The molecule has 100 valence electrons. The molecule has 5 fully saturated rings. The minimum atomic E-state index is 0.00661. The van der Waals surface area contributed by atoms with Crippen LogP contribution in [0.15, 0.2) is 0 Å². The Hall–Kier alpha value is -0.0151. The van der Waals surface area contributed by atoms with E-state index in [4.69, 9.17) is 9.31 Å². The third-order valence-corrected chi connectivity index (χ3v) is 6.75. The molecule has 0 aromatic rings. The largest absolute Gasteiger partial charge is 0.457 e. The van der Waals surface area contributed by atoms with E-state index >= 15 is 0 Å². The van der Waals surface area contributed by atoms with Gasteiger partial charge in [0.2, 0.25) is 0 Å². The van der Waals surface area contributed by atoms with Crippen LogP contribution in [0.25, 0.3) is 0 Å². The van der Waals surface area contributed by atoms with Crippen LogP contribution in [0.2, 0.25) is 6.32 Å². The van der Waals surface area contributed by atoms with E-state index in [1.54, 1.807) is 0 Å². The van der Waals surface area contributed by atoms with Gasteiger partial charge in [0.25, 0.3) is 0 Å². The van der Waals surface area contributed by atoms with E-state index in [0.29, 0.717) is 17.4 Å². The van der Waals surface area contributed by atoms with E-state index in [0.717, 1.165) is 18.2 Å². The highest BCUT2D eigenvalue weighted by Gasteiger charge is 2.67. The average Bonchev–Trinajstić information content (AvgIpc) is 2.58. The molecule has 4 aliphatic carbocycles. The van der Waals surface area contributed by atoms with Gasteiger partial charge in [-0.15, -0.1) is 0 Å². The molecule has 3 heteroatoms. The monoisotopic (exact) mass is 248 g/mol. The SMILES string of the molecule is CC1(C)[C@@H]2CC3OB(CC4CCC4)O[C@@]3(C)[C@H]1C2. The Morgan fingerprint density at radius 3 is 2.56 bits per heavy atom. The van der Waals surface area contributed by atoms with Crippen molar-refractivity contribution in [3.05, 3.63) is 0 Å². The fraction of sp³-hybridized carbons (Fsp3) is 1.00. The zero-order chi connectivity index (χ0) is 12.5. The van der Waals surface area contributed by atoms with Crippen LogP contribution in [0.1, 0.15) is 52.9 Å². The van der Waals surface area contributed by atoms with Gasteiger partial charge in [0.15, 0.2) is 0 Å². The van der Waals surface area contributed by atoms with E-state index in [-0.39, 0.29) is 12.7 Å². The molecule has 5 rings (SSSR count). The zero-order valence-electron chi connectivity index (χ0n) is 11.9. The molecule has 1 saturated heterocycles. The minimum Gasteiger partial charge on any atom is -0.405 e. The summed E-state index contributed by atoms with van der Waals surface area (Å²) in [6.45, 7) is 7.17. The summed E-state index contributed by atoms with van der Waals surface area (Å²) >= 11 is 0. The summed E-state index contributed by atoms with van der Waals surface area (Å²) in [6, 6.07) is 0. The molecule has 5 aliphatic rings. The van der Waals surface area contributed by atoms with Gasteiger partial charge < -0.3 is 9.31 Å². The molecule has 1 heterocycles. The van der Waals surface area contributed by atoms with Gasteiger partial charge >= 0.3 is 7.12 Å². The Labute approximate surface area is 111 Å². The Morgan fingerprint density at radius 2 is 1.94 bits per heavy atom. The molecule has 0 amide bonds. The first kappa shape index (κ1) is 11.8. The average molecular weight is 248 g/mol. The number of rotatable bonds is 2. The lowest BCUT2D eigenvalue weighted by atomic mass is 9.43. The number of hydrogen-bond acceptors (Lipinski definition) is 2. The highest BCUT2D eigenvalue weighted by molar-refractivity contribution is 6.45. The van der Waals surface area contributed by atoms with Gasteiger partial charge in [0.05, 0.1) is 11.7 Å². The number of hydrogen-bond donors (Lipinski definition) is 0. The van der Waals surface area contributed by atoms with Crippen molar-refractivity contribution in [2.45, 2.75) is 70.9 Å². The van der Waals surface area contributed by atoms with Gasteiger partial charge in [-0.05, 0) is 49.3 Å². The molecule has 0 aromatic heterocycles. The first-order chi connectivity index (χ1) is 8.50. The molecule has 1 unspecified atom stereocenters. The highest BCUT2D eigenvalue weighted by Crippen LogP contribution is 2.65. The maximum atomic E-state index is 6.42. The molecule has 0 N–H and O–H groups in total. The van der Waals surface area contributed by atoms with Crippen molar-refractivity contribution in [1.82, 2.24) is 0 Å².